The molecule has 1 aliphatic heterocycles. The van der Waals surface area contributed by atoms with Crippen LogP contribution in [0.15, 0.2) is 66.9 Å². The molecule has 0 spiro atoms. The van der Waals surface area contributed by atoms with Crippen LogP contribution in [0.5, 0.6) is 0 Å². The number of halogens is 2. The second kappa shape index (κ2) is 10.1. The zero-order valence-corrected chi connectivity index (χ0v) is 17.8. The van der Waals surface area contributed by atoms with E-state index in [1.165, 1.54) is 6.07 Å². The van der Waals surface area contributed by atoms with E-state index in [-0.39, 0.29) is 11.6 Å². The largest absolute Gasteiger partial charge is 0.355 e. The highest BCUT2D eigenvalue weighted by atomic mass is 19.1. The first kappa shape index (κ1) is 22.2. The van der Waals surface area contributed by atoms with Crippen molar-refractivity contribution in [2.45, 2.75) is 6.42 Å². The van der Waals surface area contributed by atoms with Crippen molar-refractivity contribution in [3.05, 3.63) is 84.1 Å². The number of anilines is 3. The van der Waals surface area contributed by atoms with Crippen LogP contribution in [0.1, 0.15) is 16.8 Å². The fourth-order valence-electron chi connectivity index (χ4n) is 3.64. The molecule has 0 bridgehead atoms. The molecular formula is C24H23F2N5O2. The Labute approximate surface area is 190 Å². The number of urea groups is 1. The van der Waals surface area contributed by atoms with Gasteiger partial charge in [0.05, 0.1) is 17.4 Å². The van der Waals surface area contributed by atoms with Gasteiger partial charge in [-0.05, 0) is 42.8 Å². The van der Waals surface area contributed by atoms with Gasteiger partial charge in [-0.1, -0.05) is 18.2 Å². The standard InChI is InChI=1S/C24H23F2N5O2/c25-17-7-9-20(21(26)15-17)23(32)31-12-4-11-30(13-14-31)22-10-8-19(16-27-22)29-24(33)28-18-5-2-1-3-6-18/h1-3,5-10,15-16H,4,11-14H2,(H2,28,29,33). The van der Waals surface area contributed by atoms with Gasteiger partial charge in [0.15, 0.2) is 0 Å². The molecule has 0 aliphatic carbocycles. The average Bonchev–Trinajstić information content (AvgIpc) is 3.06. The summed E-state index contributed by atoms with van der Waals surface area (Å²) in [4.78, 5) is 32.9. The molecule has 1 saturated heterocycles. The first-order valence-electron chi connectivity index (χ1n) is 10.6. The third-order valence-corrected chi connectivity index (χ3v) is 5.31. The van der Waals surface area contributed by atoms with E-state index in [1.54, 1.807) is 35.4 Å². The third-order valence-electron chi connectivity index (χ3n) is 5.31. The van der Waals surface area contributed by atoms with Crippen LogP contribution in [-0.2, 0) is 0 Å². The average molecular weight is 451 g/mol. The predicted molar refractivity (Wildman–Crippen MR) is 122 cm³/mol. The molecule has 2 heterocycles. The first-order valence-corrected chi connectivity index (χ1v) is 10.6. The number of hydrogen-bond donors (Lipinski definition) is 2. The maximum absolute atomic E-state index is 14.0. The predicted octanol–water partition coefficient (Wildman–Crippen LogP) is 4.36. The smallest absolute Gasteiger partial charge is 0.323 e. The van der Waals surface area contributed by atoms with E-state index in [1.807, 2.05) is 23.1 Å². The second-order valence-corrected chi connectivity index (χ2v) is 7.61. The highest BCUT2D eigenvalue weighted by Gasteiger charge is 2.23. The van der Waals surface area contributed by atoms with Crippen molar-refractivity contribution in [3.8, 4) is 0 Å². The highest BCUT2D eigenvalue weighted by Crippen LogP contribution is 2.19. The van der Waals surface area contributed by atoms with E-state index in [9.17, 15) is 18.4 Å². The summed E-state index contributed by atoms with van der Waals surface area (Å²) in [6.07, 6.45) is 2.25. The van der Waals surface area contributed by atoms with E-state index < -0.39 is 17.5 Å². The molecule has 1 fully saturated rings. The Balaban J connectivity index is 1.34. The number of aromatic nitrogens is 1. The van der Waals surface area contributed by atoms with Crippen LogP contribution >= 0.6 is 0 Å². The van der Waals surface area contributed by atoms with E-state index in [0.29, 0.717) is 49.8 Å². The van der Waals surface area contributed by atoms with Gasteiger partial charge in [0, 0.05) is 37.9 Å². The van der Waals surface area contributed by atoms with Crippen molar-refractivity contribution in [1.82, 2.24) is 9.88 Å². The highest BCUT2D eigenvalue weighted by molar-refractivity contribution is 5.99. The third kappa shape index (κ3) is 5.62. The number of para-hydroxylation sites is 1. The summed E-state index contributed by atoms with van der Waals surface area (Å²) in [5.74, 6) is -1.31. The SMILES string of the molecule is O=C(Nc1ccccc1)Nc1ccc(N2CCCN(C(=O)c3ccc(F)cc3F)CC2)nc1. The molecule has 4 rings (SSSR count). The fraction of sp³-hybridized carbons (Fsp3) is 0.208. The molecule has 1 aromatic heterocycles. The monoisotopic (exact) mass is 451 g/mol. The molecule has 9 heteroatoms. The number of nitrogens with zero attached hydrogens (tertiary/aromatic N) is 3. The van der Waals surface area contributed by atoms with Crippen molar-refractivity contribution in [3.63, 3.8) is 0 Å². The molecule has 7 nitrogen and oxygen atoms in total. The molecule has 0 atom stereocenters. The lowest BCUT2D eigenvalue weighted by molar-refractivity contribution is 0.0762. The lowest BCUT2D eigenvalue weighted by atomic mass is 10.1. The summed E-state index contributed by atoms with van der Waals surface area (Å²) in [6.45, 7) is 2.04. The van der Waals surface area contributed by atoms with Crippen molar-refractivity contribution in [2.75, 3.05) is 41.7 Å². The minimum absolute atomic E-state index is 0.132. The molecule has 170 valence electrons. The Morgan fingerprint density at radius 1 is 0.848 bits per heavy atom. The zero-order chi connectivity index (χ0) is 23.2. The number of nitrogens with one attached hydrogen (secondary N) is 2. The minimum atomic E-state index is -0.859. The lowest BCUT2D eigenvalue weighted by Gasteiger charge is -2.23. The fourth-order valence-corrected chi connectivity index (χ4v) is 3.64. The summed E-state index contributed by atoms with van der Waals surface area (Å²) >= 11 is 0. The van der Waals surface area contributed by atoms with Crippen LogP contribution in [0, 0.1) is 11.6 Å². The molecule has 33 heavy (non-hydrogen) atoms. The summed E-state index contributed by atoms with van der Waals surface area (Å²) in [7, 11) is 0. The van der Waals surface area contributed by atoms with Crippen molar-refractivity contribution >= 4 is 29.1 Å². The first-order chi connectivity index (χ1) is 16.0. The maximum Gasteiger partial charge on any atom is 0.323 e. The summed E-state index contributed by atoms with van der Waals surface area (Å²) in [6, 6.07) is 15.3. The van der Waals surface area contributed by atoms with Gasteiger partial charge in [0.1, 0.15) is 17.5 Å². The topological polar surface area (TPSA) is 77.6 Å². The van der Waals surface area contributed by atoms with E-state index in [0.717, 1.165) is 12.1 Å². The van der Waals surface area contributed by atoms with Crippen LogP contribution in [0.25, 0.3) is 0 Å². The van der Waals surface area contributed by atoms with E-state index >= 15 is 0 Å². The van der Waals surface area contributed by atoms with Gasteiger partial charge in [0.2, 0.25) is 0 Å². The number of carbonyl (C=O) groups excluding carboxylic acids is 2. The van der Waals surface area contributed by atoms with Gasteiger partial charge in [-0.3, -0.25) is 4.79 Å². The van der Waals surface area contributed by atoms with Gasteiger partial charge in [0.25, 0.3) is 5.91 Å². The molecule has 0 saturated carbocycles. The summed E-state index contributed by atoms with van der Waals surface area (Å²) in [5.41, 5.74) is 1.10. The number of amides is 3. The Morgan fingerprint density at radius 3 is 2.36 bits per heavy atom. The van der Waals surface area contributed by atoms with Gasteiger partial charge < -0.3 is 20.4 Å². The number of rotatable bonds is 4. The summed E-state index contributed by atoms with van der Waals surface area (Å²) in [5, 5.41) is 5.48. The Bertz CT molecular complexity index is 1130. The van der Waals surface area contributed by atoms with E-state index in [2.05, 4.69) is 15.6 Å². The number of carbonyl (C=O) groups is 2. The molecule has 3 aromatic rings. The Kier molecular flexibility index (Phi) is 6.77. The lowest BCUT2D eigenvalue weighted by Crippen LogP contribution is -2.35. The maximum atomic E-state index is 14.0. The molecule has 0 unspecified atom stereocenters. The van der Waals surface area contributed by atoms with E-state index in [4.69, 9.17) is 0 Å². The minimum Gasteiger partial charge on any atom is -0.355 e. The van der Waals surface area contributed by atoms with Gasteiger partial charge >= 0.3 is 6.03 Å². The van der Waals surface area contributed by atoms with Gasteiger partial charge in [-0.15, -0.1) is 0 Å². The van der Waals surface area contributed by atoms with Gasteiger partial charge in [-0.2, -0.15) is 0 Å². The molecule has 1 aliphatic rings. The molecule has 0 radical (unpaired) electrons. The van der Waals surface area contributed by atoms with Crippen LogP contribution in [0.4, 0.5) is 30.8 Å². The van der Waals surface area contributed by atoms with Crippen molar-refractivity contribution < 1.29 is 18.4 Å². The Hall–Kier alpha value is -4.01. The van der Waals surface area contributed by atoms with Crippen molar-refractivity contribution in [2.24, 2.45) is 0 Å². The molecule has 2 aromatic carbocycles. The second-order valence-electron chi connectivity index (χ2n) is 7.61. The molecule has 2 N–H and O–H groups in total. The number of pyridine rings is 1. The summed E-state index contributed by atoms with van der Waals surface area (Å²) < 4.78 is 27.2. The van der Waals surface area contributed by atoms with Crippen LogP contribution in [0.3, 0.4) is 0 Å². The van der Waals surface area contributed by atoms with Crippen LogP contribution < -0.4 is 15.5 Å². The molecule has 3 amide bonds. The normalized spacial score (nSPS) is 13.9. The number of hydrogen-bond acceptors (Lipinski definition) is 4. The zero-order valence-electron chi connectivity index (χ0n) is 17.8. The van der Waals surface area contributed by atoms with Gasteiger partial charge in [-0.25, -0.2) is 18.6 Å². The van der Waals surface area contributed by atoms with Crippen LogP contribution in [-0.4, -0.2) is 48.0 Å². The van der Waals surface area contributed by atoms with Crippen LogP contribution in [0.2, 0.25) is 0 Å². The molecular weight excluding hydrogens is 428 g/mol. The number of benzene rings is 2. The van der Waals surface area contributed by atoms with Crippen molar-refractivity contribution in [1.29, 1.82) is 0 Å². The quantitative estimate of drug-likeness (QED) is 0.618. The Morgan fingerprint density at radius 2 is 1.64 bits per heavy atom.